The van der Waals surface area contributed by atoms with Crippen LogP contribution in [0.2, 0.25) is 0 Å². The first kappa shape index (κ1) is 19.9. The maximum atomic E-state index is 12.7. The average Bonchev–Trinajstić information content (AvgIpc) is 3.38. The molecule has 6 heteroatoms. The van der Waals surface area contributed by atoms with Crippen molar-refractivity contribution in [2.24, 2.45) is 0 Å². The summed E-state index contributed by atoms with van der Waals surface area (Å²) >= 11 is 0. The van der Waals surface area contributed by atoms with Gasteiger partial charge in [0.2, 0.25) is 0 Å². The predicted molar refractivity (Wildman–Crippen MR) is 109 cm³/mol. The lowest BCUT2D eigenvalue weighted by Gasteiger charge is -2.22. The van der Waals surface area contributed by atoms with Crippen molar-refractivity contribution in [1.29, 1.82) is 0 Å². The number of hydrogen-bond acceptors (Lipinski definition) is 4. The second kappa shape index (κ2) is 8.00. The molecule has 1 N–H and O–H groups in total. The van der Waals surface area contributed by atoms with Gasteiger partial charge < -0.3 is 10.1 Å². The highest BCUT2D eigenvalue weighted by Gasteiger charge is 2.32. The molecular formula is C22H27N3O3. The van der Waals surface area contributed by atoms with E-state index in [0.717, 1.165) is 24.1 Å². The van der Waals surface area contributed by atoms with Gasteiger partial charge in [-0.15, -0.1) is 0 Å². The van der Waals surface area contributed by atoms with E-state index in [0.29, 0.717) is 23.9 Å². The van der Waals surface area contributed by atoms with Gasteiger partial charge in [-0.1, -0.05) is 12.1 Å². The summed E-state index contributed by atoms with van der Waals surface area (Å²) < 4.78 is 6.83. The van der Waals surface area contributed by atoms with E-state index in [9.17, 15) is 9.59 Å². The largest absolute Gasteiger partial charge is 0.463 e. The van der Waals surface area contributed by atoms with E-state index in [1.807, 2.05) is 22.9 Å². The number of nitrogens with zero attached hydrogens (tertiary/aromatic N) is 2. The average molecular weight is 381 g/mol. The highest BCUT2D eigenvalue weighted by Crippen LogP contribution is 2.41. The number of benzene rings is 1. The van der Waals surface area contributed by atoms with Gasteiger partial charge in [0.15, 0.2) is 5.69 Å². The fraction of sp³-hybridized carbons (Fsp3) is 0.409. The number of carbonyl (C=O) groups is 2. The van der Waals surface area contributed by atoms with Crippen LogP contribution >= 0.6 is 0 Å². The fourth-order valence-electron chi connectivity index (χ4n) is 2.94. The smallest absolute Gasteiger partial charge is 0.330 e. The van der Waals surface area contributed by atoms with Crippen molar-refractivity contribution in [3.8, 4) is 0 Å². The summed E-state index contributed by atoms with van der Waals surface area (Å²) in [6.45, 7) is 8.39. The maximum Gasteiger partial charge on any atom is 0.330 e. The number of esters is 1. The molecule has 0 spiro atoms. The second-order valence-electron chi connectivity index (χ2n) is 7.97. The zero-order valence-corrected chi connectivity index (χ0v) is 16.9. The van der Waals surface area contributed by atoms with Gasteiger partial charge in [0.25, 0.3) is 5.91 Å². The Kier molecular flexibility index (Phi) is 5.68. The minimum Gasteiger partial charge on any atom is -0.463 e. The van der Waals surface area contributed by atoms with Gasteiger partial charge in [-0.3, -0.25) is 9.48 Å². The van der Waals surface area contributed by atoms with Crippen molar-refractivity contribution in [2.45, 2.75) is 52.0 Å². The van der Waals surface area contributed by atoms with Crippen molar-refractivity contribution >= 4 is 23.6 Å². The first-order chi connectivity index (χ1) is 13.3. The van der Waals surface area contributed by atoms with Crippen molar-refractivity contribution in [2.75, 3.05) is 11.9 Å². The molecule has 1 saturated carbocycles. The summed E-state index contributed by atoms with van der Waals surface area (Å²) in [6, 6.07) is 9.16. The van der Waals surface area contributed by atoms with Crippen LogP contribution < -0.4 is 5.32 Å². The zero-order chi connectivity index (χ0) is 20.3. The number of hydrogen-bond donors (Lipinski definition) is 1. The first-order valence-corrected chi connectivity index (χ1v) is 9.64. The number of carbonyl (C=O) groups excluding carboxylic acids is 2. The van der Waals surface area contributed by atoms with Crippen LogP contribution in [0.15, 0.2) is 36.4 Å². The Balaban J connectivity index is 1.69. The summed E-state index contributed by atoms with van der Waals surface area (Å²) in [6.07, 6.45) is 5.37. The van der Waals surface area contributed by atoms with Crippen LogP contribution in [0.3, 0.4) is 0 Å². The highest BCUT2D eigenvalue weighted by atomic mass is 16.5. The zero-order valence-electron chi connectivity index (χ0n) is 16.9. The maximum absolute atomic E-state index is 12.7. The molecule has 148 valence electrons. The lowest BCUT2D eigenvalue weighted by atomic mass is 10.1. The molecule has 1 aliphatic rings. The van der Waals surface area contributed by atoms with E-state index in [1.54, 1.807) is 25.1 Å². The topological polar surface area (TPSA) is 73.2 Å². The van der Waals surface area contributed by atoms with E-state index in [2.05, 4.69) is 31.2 Å². The van der Waals surface area contributed by atoms with Crippen molar-refractivity contribution in [3.05, 3.63) is 53.4 Å². The molecule has 1 aromatic heterocycles. The van der Waals surface area contributed by atoms with Crippen LogP contribution in [-0.4, -0.2) is 28.3 Å². The molecule has 6 nitrogen and oxygen atoms in total. The molecule has 1 amide bonds. The number of nitrogens with one attached hydrogen (secondary N) is 1. The van der Waals surface area contributed by atoms with Crippen LogP contribution in [0, 0.1) is 0 Å². The summed E-state index contributed by atoms with van der Waals surface area (Å²) in [7, 11) is 0. The molecule has 0 radical (unpaired) electrons. The van der Waals surface area contributed by atoms with Gasteiger partial charge in [-0.25, -0.2) is 4.79 Å². The van der Waals surface area contributed by atoms with Crippen molar-refractivity contribution in [3.63, 3.8) is 0 Å². The molecule has 1 aliphatic carbocycles. The number of rotatable bonds is 6. The third-order valence-corrected chi connectivity index (χ3v) is 4.47. The summed E-state index contributed by atoms with van der Waals surface area (Å²) in [5.41, 5.74) is 2.93. The first-order valence-electron chi connectivity index (χ1n) is 9.64. The Morgan fingerprint density at radius 2 is 1.93 bits per heavy atom. The molecule has 1 aromatic carbocycles. The number of ether oxygens (including phenoxy) is 1. The normalized spacial score (nSPS) is 14.3. The van der Waals surface area contributed by atoms with E-state index < -0.39 is 0 Å². The molecule has 0 unspecified atom stereocenters. The highest BCUT2D eigenvalue weighted by molar-refractivity contribution is 6.03. The predicted octanol–water partition coefficient (Wildman–Crippen LogP) is 4.34. The fourth-order valence-corrected chi connectivity index (χ4v) is 2.94. The van der Waals surface area contributed by atoms with Gasteiger partial charge in [-0.05, 0) is 70.4 Å². The Hall–Kier alpha value is -2.89. The lowest BCUT2D eigenvalue weighted by Crippen LogP contribution is -2.25. The third kappa shape index (κ3) is 4.88. The summed E-state index contributed by atoms with van der Waals surface area (Å²) in [4.78, 5) is 24.0. The SMILES string of the molecule is CCOC(=O)/C=C/c1ccc(NC(=O)c2cc(C3CC3)n(C(C)(C)C)n2)cc1. The molecule has 28 heavy (non-hydrogen) atoms. The Bertz CT molecular complexity index is 885. The van der Waals surface area contributed by atoms with E-state index in [4.69, 9.17) is 4.74 Å². The van der Waals surface area contributed by atoms with Crippen molar-refractivity contribution < 1.29 is 14.3 Å². The monoisotopic (exact) mass is 381 g/mol. The molecule has 3 rings (SSSR count). The van der Waals surface area contributed by atoms with E-state index in [-0.39, 0.29) is 17.4 Å². The van der Waals surface area contributed by atoms with Gasteiger partial charge in [-0.2, -0.15) is 5.10 Å². The summed E-state index contributed by atoms with van der Waals surface area (Å²) in [5, 5.41) is 7.46. The van der Waals surface area contributed by atoms with Gasteiger partial charge in [0.1, 0.15) is 0 Å². The molecule has 0 bridgehead atoms. The molecule has 0 atom stereocenters. The minimum atomic E-state index is -0.374. The van der Waals surface area contributed by atoms with Gasteiger partial charge in [0, 0.05) is 23.4 Å². The van der Waals surface area contributed by atoms with Crippen LogP contribution in [0.25, 0.3) is 6.08 Å². The Morgan fingerprint density at radius 1 is 1.25 bits per heavy atom. The third-order valence-electron chi connectivity index (χ3n) is 4.47. The molecule has 0 aliphatic heterocycles. The van der Waals surface area contributed by atoms with E-state index in [1.165, 1.54) is 6.08 Å². The molecule has 1 fully saturated rings. The van der Waals surface area contributed by atoms with Gasteiger partial charge >= 0.3 is 5.97 Å². The lowest BCUT2D eigenvalue weighted by molar-refractivity contribution is -0.137. The summed E-state index contributed by atoms with van der Waals surface area (Å²) in [5.74, 6) is -0.0840. The van der Waals surface area contributed by atoms with Gasteiger partial charge in [0.05, 0.1) is 12.1 Å². The number of amides is 1. The second-order valence-corrected chi connectivity index (χ2v) is 7.97. The molecule has 2 aromatic rings. The Labute approximate surface area is 165 Å². The molecule has 1 heterocycles. The number of anilines is 1. The van der Waals surface area contributed by atoms with Crippen LogP contribution in [0.5, 0.6) is 0 Å². The number of aromatic nitrogens is 2. The molecule has 0 saturated heterocycles. The quantitative estimate of drug-likeness (QED) is 0.597. The van der Waals surface area contributed by atoms with Crippen LogP contribution in [0.1, 0.15) is 68.2 Å². The minimum absolute atomic E-state index is 0.163. The van der Waals surface area contributed by atoms with Crippen LogP contribution in [0.4, 0.5) is 5.69 Å². The Morgan fingerprint density at radius 3 is 2.50 bits per heavy atom. The van der Waals surface area contributed by atoms with Crippen LogP contribution in [-0.2, 0) is 15.1 Å². The van der Waals surface area contributed by atoms with Crippen molar-refractivity contribution in [1.82, 2.24) is 9.78 Å². The van der Waals surface area contributed by atoms with E-state index >= 15 is 0 Å². The standard InChI is InChI=1S/C22H27N3O3/c1-5-28-20(26)13-8-15-6-11-17(12-7-15)23-21(27)18-14-19(16-9-10-16)25(24-18)22(2,3)4/h6-8,11-14,16H,5,9-10H2,1-4H3,(H,23,27)/b13-8+. The molecular weight excluding hydrogens is 354 g/mol.